The molecule has 2 aromatic rings. The van der Waals surface area contributed by atoms with Gasteiger partial charge in [0.1, 0.15) is 10.6 Å². The zero-order valence-electron chi connectivity index (χ0n) is 12.5. The summed E-state index contributed by atoms with van der Waals surface area (Å²) >= 11 is 0. The maximum absolute atomic E-state index is 12.6. The smallest absolute Gasteiger partial charge is 0.246 e. The van der Waals surface area contributed by atoms with E-state index in [-0.39, 0.29) is 16.9 Å². The van der Waals surface area contributed by atoms with Crippen molar-refractivity contribution in [2.24, 2.45) is 0 Å². The van der Waals surface area contributed by atoms with Gasteiger partial charge in [0.25, 0.3) is 0 Å². The minimum absolute atomic E-state index is 0.108. The van der Waals surface area contributed by atoms with Crippen molar-refractivity contribution in [3.05, 3.63) is 47.3 Å². The zero-order chi connectivity index (χ0) is 15.7. The van der Waals surface area contributed by atoms with Gasteiger partial charge in [0.2, 0.25) is 10.0 Å². The van der Waals surface area contributed by atoms with Crippen molar-refractivity contribution in [3.8, 4) is 0 Å². The molecular weight excluding hydrogens is 302 g/mol. The Labute approximate surface area is 129 Å². The van der Waals surface area contributed by atoms with Crippen molar-refractivity contribution in [2.75, 3.05) is 13.1 Å². The van der Waals surface area contributed by atoms with Crippen LogP contribution in [-0.4, -0.2) is 32.7 Å². The van der Waals surface area contributed by atoms with Crippen LogP contribution in [-0.2, 0) is 10.0 Å². The van der Waals surface area contributed by atoms with E-state index in [9.17, 15) is 8.42 Å². The molecule has 6 nitrogen and oxygen atoms in total. The number of rotatable bonds is 4. The van der Waals surface area contributed by atoms with Crippen molar-refractivity contribution < 1.29 is 12.9 Å². The number of nitrogens with one attached hydrogen (secondary N) is 2. The molecule has 0 amide bonds. The molecule has 22 heavy (non-hydrogen) atoms. The standard InChI is InChI=1S/C15H19N3O3S/c1-10-15(11(2)21-17-10)22(19,20)18-14-9-16-8-13(14)12-6-4-3-5-7-12/h3-7,13-14,16,18H,8-9H2,1-2H3/t13-,14+/m0/s1. The van der Waals surface area contributed by atoms with E-state index in [1.807, 2.05) is 30.3 Å². The van der Waals surface area contributed by atoms with Crippen LogP contribution >= 0.6 is 0 Å². The van der Waals surface area contributed by atoms with Crippen LogP contribution in [0.3, 0.4) is 0 Å². The molecule has 1 aromatic carbocycles. The van der Waals surface area contributed by atoms with Gasteiger partial charge < -0.3 is 9.84 Å². The molecule has 1 aliphatic rings. The highest BCUT2D eigenvalue weighted by molar-refractivity contribution is 7.89. The van der Waals surface area contributed by atoms with Gasteiger partial charge >= 0.3 is 0 Å². The summed E-state index contributed by atoms with van der Waals surface area (Å²) in [5.41, 5.74) is 1.51. The topological polar surface area (TPSA) is 84.2 Å². The molecular formula is C15H19N3O3S. The van der Waals surface area contributed by atoms with E-state index in [0.717, 1.165) is 12.1 Å². The molecule has 0 radical (unpaired) electrons. The van der Waals surface area contributed by atoms with Crippen molar-refractivity contribution in [3.63, 3.8) is 0 Å². The molecule has 1 aromatic heterocycles. The largest absolute Gasteiger partial charge is 0.360 e. The lowest BCUT2D eigenvalue weighted by atomic mass is 9.95. The molecule has 2 atom stereocenters. The Morgan fingerprint density at radius 2 is 1.95 bits per heavy atom. The van der Waals surface area contributed by atoms with Crippen LogP contribution in [0.5, 0.6) is 0 Å². The monoisotopic (exact) mass is 321 g/mol. The summed E-state index contributed by atoms with van der Waals surface area (Å²) in [6, 6.07) is 9.74. The molecule has 0 unspecified atom stereocenters. The minimum atomic E-state index is -3.65. The third-order valence-electron chi connectivity index (χ3n) is 3.99. The molecule has 1 saturated heterocycles. The first-order valence-corrected chi connectivity index (χ1v) is 8.68. The van der Waals surface area contributed by atoms with Gasteiger partial charge in [-0.2, -0.15) is 0 Å². The molecule has 7 heteroatoms. The normalized spacial score (nSPS) is 22.1. The first kappa shape index (κ1) is 15.2. The Hall–Kier alpha value is -1.70. The van der Waals surface area contributed by atoms with Gasteiger partial charge in [-0.05, 0) is 19.4 Å². The number of aromatic nitrogens is 1. The second-order valence-corrected chi connectivity index (χ2v) is 7.21. The summed E-state index contributed by atoms with van der Waals surface area (Å²) < 4.78 is 33.0. The fraction of sp³-hybridized carbons (Fsp3) is 0.400. The van der Waals surface area contributed by atoms with E-state index >= 15 is 0 Å². The molecule has 1 fully saturated rings. The van der Waals surface area contributed by atoms with Crippen LogP contribution in [0.25, 0.3) is 0 Å². The number of sulfonamides is 1. The molecule has 118 valence electrons. The van der Waals surface area contributed by atoms with Gasteiger partial charge in [-0.25, -0.2) is 13.1 Å². The van der Waals surface area contributed by atoms with Gasteiger partial charge in [-0.15, -0.1) is 0 Å². The van der Waals surface area contributed by atoms with Crippen LogP contribution in [0, 0.1) is 13.8 Å². The summed E-state index contributed by atoms with van der Waals surface area (Å²) in [5, 5.41) is 6.98. The fourth-order valence-electron chi connectivity index (χ4n) is 2.97. The van der Waals surface area contributed by atoms with E-state index in [0.29, 0.717) is 18.0 Å². The lowest BCUT2D eigenvalue weighted by Crippen LogP contribution is -2.39. The molecule has 0 saturated carbocycles. The van der Waals surface area contributed by atoms with Crippen molar-refractivity contribution in [2.45, 2.75) is 30.7 Å². The molecule has 3 rings (SSSR count). The van der Waals surface area contributed by atoms with Gasteiger partial charge in [0.15, 0.2) is 5.76 Å². The van der Waals surface area contributed by atoms with Gasteiger partial charge in [-0.3, -0.25) is 0 Å². The van der Waals surface area contributed by atoms with E-state index < -0.39 is 10.0 Å². The van der Waals surface area contributed by atoms with Gasteiger partial charge in [0, 0.05) is 25.0 Å². The highest BCUT2D eigenvalue weighted by atomic mass is 32.2. The Morgan fingerprint density at radius 1 is 1.23 bits per heavy atom. The second-order valence-electron chi connectivity index (χ2n) is 5.56. The SMILES string of the molecule is Cc1noc(C)c1S(=O)(=O)N[C@@H]1CNC[C@H]1c1ccccc1. The van der Waals surface area contributed by atoms with E-state index in [1.54, 1.807) is 13.8 Å². The van der Waals surface area contributed by atoms with Gasteiger partial charge in [-0.1, -0.05) is 35.5 Å². The third kappa shape index (κ3) is 2.79. The zero-order valence-corrected chi connectivity index (χ0v) is 13.4. The number of aryl methyl sites for hydroxylation is 2. The van der Waals surface area contributed by atoms with Crippen LogP contribution in [0.15, 0.2) is 39.8 Å². The van der Waals surface area contributed by atoms with E-state index in [1.165, 1.54) is 0 Å². The average molecular weight is 321 g/mol. The van der Waals surface area contributed by atoms with E-state index in [4.69, 9.17) is 4.52 Å². The average Bonchev–Trinajstić information content (AvgIpc) is 3.06. The molecule has 0 spiro atoms. The highest BCUT2D eigenvalue weighted by Gasteiger charge is 2.34. The predicted octanol–water partition coefficient (Wildman–Crippen LogP) is 1.33. The summed E-state index contributed by atoms with van der Waals surface area (Å²) in [6.45, 7) is 4.59. The number of nitrogens with zero attached hydrogens (tertiary/aromatic N) is 1. The third-order valence-corrected chi connectivity index (χ3v) is 5.72. The number of hydrogen-bond acceptors (Lipinski definition) is 5. The second kappa shape index (κ2) is 5.83. The Bertz CT molecular complexity index is 736. The molecule has 2 N–H and O–H groups in total. The lowest BCUT2D eigenvalue weighted by molar-refractivity contribution is 0.390. The summed E-state index contributed by atoms with van der Waals surface area (Å²) in [4.78, 5) is 0.145. The van der Waals surface area contributed by atoms with Gasteiger partial charge in [0.05, 0.1) is 0 Å². The predicted molar refractivity (Wildman–Crippen MR) is 82.1 cm³/mol. The van der Waals surface area contributed by atoms with Crippen molar-refractivity contribution >= 4 is 10.0 Å². The fourth-order valence-corrected chi connectivity index (χ4v) is 4.58. The van der Waals surface area contributed by atoms with Crippen LogP contribution in [0.4, 0.5) is 0 Å². The molecule has 1 aliphatic heterocycles. The Kier molecular flexibility index (Phi) is 4.03. The molecule has 0 bridgehead atoms. The summed E-state index contributed by atoms with van der Waals surface area (Å²) in [7, 11) is -3.65. The van der Waals surface area contributed by atoms with Crippen LogP contribution < -0.4 is 10.0 Å². The first-order chi connectivity index (χ1) is 10.5. The quantitative estimate of drug-likeness (QED) is 0.887. The Balaban J connectivity index is 1.86. The van der Waals surface area contributed by atoms with Crippen LogP contribution in [0.1, 0.15) is 22.9 Å². The molecule has 2 heterocycles. The molecule has 0 aliphatic carbocycles. The minimum Gasteiger partial charge on any atom is -0.360 e. The number of benzene rings is 1. The summed E-state index contributed by atoms with van der Waals surface area (Å²) in [5.74, 6) is 0.420. The first-order valence-electron chi connectivity index (χ1n) is 7.20. The van der Waals surface area contributed by atoms with Crippen molar-refractivity contribution in [1.82, 2.24) is 15.2 Å². The van der Waals surface area contributed by atoms with Crippen molar-refractivity contribution in [1.29, 1.82) is 0 Å². The summed E-state index contributed by atoms with van der Waals surface area (Å²) in [6.07, 6.45) is 0. The highest BCUT2D eigenvalue weighted by Crippen LogP contribution is 2.25. The van der Waals surface area contributed by atoms with Crippen LogP contribution in [0.2, 0.25) is 0 Å². The van der Waals surface area contributed by atoms with E-state index in [2.05, 4.69) is 15.2 Å². The lowest BCUT2D eigenvalue weighted by Gasteiger charge is -2.20. The number of hydrogen-bond donors (Lipinski definition) is 2. The Morgan fingerprint density at radius 3 is 2.59 bits per heavy atom. The maximum Gasteiger partial charge on any atom is 0.246 e. The maximum atomic E-state index is 12.6.